The summed E-state index contributed by atoms with van der Waals surface area (Å²) in [5.41, 5.74) is 2.13. The smallest absolute Gasteiger partial charge is 0.335 e. The molecular weight excluding hydrogens is 661 g/mol. The normalized spacial score (nSPS) is 40.7. The Morgan fingerprint density at radius 3 is 2.29 bits per heavy atom. The predicted molar refractivity (Wildman–Crippen MR) is 199 cm³/mol. The van der Waals surface area contributed by atoms with Crippen LogP contribution in [0.4, 0.5) is 13.2 Å². The van der Waals surface area contributed by atoms with Gasteiger partial charge in [-0.05, 0) is 134 Å². The monoisotopic (exact) mass is 722 g/mol. The topological polar surface area (TPSA) is 69.6 Å². The predicted octanol–water partition coefficient (Wildman–Crippen LogP) is 10.0. The second-order valence-corrected chi connectivity index (χ2v) is 19.3. The highest BCUT2D eigenvalue weighted by molar-refractivity contribution is 5.88. The van der Waals surface area contributed by atoms with Crippen molar-refractivity contribution < 1.29 is 27.9 Å². The summed E-state index contributed by atoms with van der Waals surface area (Å²) in [4.78, 5) is 28.0. The van der Waals surface area contributed by atoms with Crippen molar-refractivity contribution in [3.05, 3.63) is 53.4 Å². The number of benzene rings is 1. The lowest BCUT2D eigenvalue weighted by atomic mass is 9.32. The van der Waals surface area contributed by atoms with Gasteiger partial charge < -0.3 is 15.3 Å². The molecule has 7 rings (SSSR count). The minimum absolute atomic E-state index is 0.0270. The van der Waals surface area contributed by atoms with Crippen LogP contribution in [0.5, 0.6) is 0 Å². The van der Waals surface area contributed by atoms with E-state index in [1.54, 1.807) is 6.07 Å². The van der Waals surface area contributed by atoms with E-state index in [0.717, 1.165) is 69.4 Å². The number of nitrogens with zero attached hydrogens (tertiary/aromatic N) is 1. The van der Waals surface area contributed by atoms with Gasteiger partial charge in [0.05, 0.1) is 11.0 Å². The molecule has 5 aliphatic carbocycles. The number of fused-ring (bicyclic) bond motifs is 7. The Labute approximate surface area is 309 Å². The van der Waals surface area contributed by atoms with Gasteiger partial charge in [-0.15, -0.1) is 0 Å². The summed E-state index contributed by atoms with van der Waals surface area (Å²) in [7, 11) is 0. The van der Waals surface area contributed by atoms with Crippen LogP contribution in [0, 0.1) is 62.5 Å². The van der Waals surface area contributed by atoms with Gasteiger partial charge in [-0.25, -0.2) is 18.0 Å². The van der Waals surface area contributed by atoms with Gasteiger partial charge in [-0.3, -0.25) is 4.79 Å². The highest BCUT2D eigenvalue weighted by Gasteiger charge is 2.71. The maximum absolute atomic E-state index is 15.5. The number of nitrogens with one attached hydrogen (secondary N) is 1. The zero-order chi connectivity index (χ0) is 37.6. The van der Waals surface area contributed by atoms with Crippen LogP contribution in [0.2, 0.25) is 0 Å². The van der Waals surface area contributed by atoms with Gasteiger partial charge in [0.1, 0.15) is 5.82 Å². The largest absolute Gasteiger partial charge is 0.478 e. The Morgan fingerprint density at radius 2 is 1.63 bits per heavy atom. The first-order chi connectivity index (χ1) is 24.3. The summed E-state index contributed by atoms with van der Waals surface area (Å²) in [6, 6.07) is 4.34. The third kappa shape index (κ3) is 5.56. The number of halogens is 3. The van der Waals surface area contributed by atoms with Gasteiger partial charge in [0.15, 0.2) is 0 Å². The maximum Gasteiger partial charge on any atom is 0.335 e. The van der Waals surface area contributed by atoms with Gasteiger partial charge in [0.2, 0.25) is 5.91 Å². The molecule has 0 spiro atoms. The minimum Gasteiger partial charge on any atom is -0.478 e. The molecule has 0 bridgehead atoms. The van der Waals surface area contributed by atoms with E-state index in [1.165, 1.54) is 11.6 Å². The number of hydrogen-bond acceptors (Lipinski definition) is 3. The molecule has 5 fully saturated rings. The van der Waals surface area contributed by atoms with Crippen molar-refractivity contribution in [2.75, 3.05) is 26.2 Å². The maximum atomic E-state index is 15.5. The van der Waals surface area contributed by atoms with Crippen molar-refractivity contribution >= 4 is 17.4 Å². The summed E-state index contributed by atoms with van der Waals surface area (Å²) in [6.45, 7) is 20.7. The van der Waals surface area contributed by atoms with E-state index >= 15 is 4.39 Å². The van der Waals surface area contributed by atoms with Crippen LogP contribution in [0.15, 0.2) is 36.4 Å². The molecule has 1 unspecified atom stereocenters. The third-order valence-electron chi connectivity index (χ3n) is 16.9. The van der Waals surface area contributed by atoms with Crippen LogP contribution >= 0.6 is 0 Å². The van der Waals surface area contributed by atoms with E-state index < -0.39 is 23.1 Å². The number of carboxylic acid groups (broad SMARTS) is 1. The molecule has 8 heteroatoms. The van der Waals surface area contributed by atoms with Crippen LogP contribution in [0.1, 0.15) is 128 Å². The van der Waals surface area contributed by atoms with E-state index in [2.05, 4.69) is 64.4 Å². The molecule has 9 atom stereocenters. The van der Waals surface area contributed by atoms with Crippen molar-refractivity contribution in [1.29, 1.82) is 0 Å². The van der Waals surface area contributed by atoms with E-state index in [9.17, 15) is 23.5 Å². The van der Waals surface area contributed by atoms with Gasteiger partial charge in [-0.2, -0.15) is 0 Å². The molecule has 2 N–H and O–H groups in total. The number of carbonyl (C=O) groups is 2. The van der Waals surface area contributed by atoms with Crippen molar-refractivity contribution in [2.24, 2.45) is 56.7 Å². The Hall–Kier alpha value is -2.61. The zero-order valence-corrected chi connectivity index (χ0v) is 32.4. The molecular formula is C44H61F3N2O3. The second kappa shape index (κ2) is 12.7. The molecule has 1 aromatic rings. The SMILES string of the molecule is C=C(C)[C@@H]1CC[C@]2(C(=O)NCCN3CCC(F)(F)CC3)CC[C@]3(C)[C@H](CCC4[C@@]5(C)CC=C(c6ccc(C(=O)O)cc6F)C(C)(C)[C@@H]5CC[C@]43C)[C@@H]12. The second-order valence-electron chi connectivity index (χ2n) is 19.3. The first-order valence-electron chi connectivity index (χ1n) is 20.1. The molecule has 0 aromatic heterocycles. The lowest BCUT2D eigenvalue weighted by molar-refractivity contribution is -0.225. The number of aromatic carboxylic acids is 1. The fraction of sp³-hybridized carbons (Fsp3) is 0.727. The Kier molecular flexibility index (Phi) is 9.23. The van der Waals surface area contributed by atoms with Crippen molar-refractivity contribution in [2.45, 2.75) is 118 Å². The highest BCUT2D eigenvalue weighted by Crippen LogP contribution is 2.77. The van der Waals surface area contributed by atoms with E-state index in [4.69, 9.17) is 0 Å². The molecule has 1 aliphatic heterocycles. The summed E-state index contributed by atoms with van der Waals surface area (Å²) in [5, 5.41) is 12.8. The van der Waals surface area contributed by atoms with Gasteiger partial charge >= 0.3 is 5.97 Å². The fourth-order valence-electron chi connectivity index (χ4n) is 14.1. The molecule has 1 aromatic carbocycles. The number of piperidine rings is 1. The molecule has 286 valence electrons. The Bertz CT molecular complexity index is 1660. The Morgan fingerprint density at radius 1 is 0.923 bits per heavy atom. The van der Waals surface area contributed by atoms with Crippen molar-refractivity contribution in [1.82, 2.24) is 10.2 Å². The van der Waals surface area contributed by atoms with Crippen molar-refractivity contribution in [3.63, 3.8) is 0 Å². The molecule has 52 heavy (non-hydrogen) atoms. The molecule has 4 saturated carbocycles. The van der Waals surface area contributed by atoms with E-state index in [0.29, 0.717) is 55.4 Å². The number of likely N-dealkylation sites (tertiary alicyclic amines) is 1. The minimum atomic E-state index is -2.57. The molecule has 1 amide bonds. The Balaban J connectivity index is 1.15. The van der Waals surface area contributed by atoms with Gasteiger partial charge in [-0.1, -0.05) is 58.9 Å². The van der Waals surface area contributed by atoms with Crippen LogP contribution in [0.3, 0.4) is 0 Å². The molecule has 6 aliphatic rings. The van der Waals surface area contributed by atoms with Crippen LogP contribution in [0.25, 0.3) is 5.57 Å². The number of hydrogen-bond donors (Lipinski definition) is 2. The fourth-order valence-corrected chi connectivity index (χ4v) is 14.1. The first-order valence-corrected chi connectivity index (χ1v) is 20.1. The lowest BCUT2D eigenvalue weighted by Gasteiger charge is -2.72. The van der Waals surface area contributed by atoms with Crippen molar-refractivity contribution in [3.8, 4) is 0 Å². The first kappa shape index (κ1) is 37.7. The molecule has 0 radical (unpaired) electrons. The van der Waals surface area contributed by atoms with Crippen LogP contribution < -0.4 is 5.32 Å². The molecule has 1 heterocycles. The number of allylic oxidation sites excluding steroid dienone is 3. The summed E-state index contributed by atoms with van der Waals surface area (Å²) in [5.74, 6) is -2.19. The zero-order valence-electron chi connectivity index (χ0n) is 32.4. The number of rotatable bonds is 7. The number of carbonyl (C=O) groups excluding carboxylic acids is 1. The quantitative estimate of drug-likeness (QED) is 0.275. The van der Waals surface area contributed by atoms with E-state index in [1.807, 2.05) is 0 Å². The average molecular weight is 723 g/mol. The van der Waals surface area contributed by atoms with Gasteiger partial charge in [0, 0.05) is 44.6 Å². The summed E-state index contributed by atoms with van der Waals surface area (Å²) < 4.78 is 43.0. The number of amides is 1. The van der Waals surface area contributed by atoms with E-state index in [-0.39, 0.29) is 51.9 Å². The molecule has 1 saturated heterocycles. The van der Waals surface area contributed by atoms with Crippen LogP contribution in [-0.2, 0) is 4.79 Å². The molecule has 5 nitrogen and oxygen atoms in total. The summed E-state index contributed by atoms with van der Waals surface area (Å²) in [6.07, 6.45) is 11.0. The third-order valence-corrected chi connectivity index (χ3v) is 16.9. The van der Waals surface area contributed by atoms with Crippen LogP contribution in [-0.4, -0.2) is 54.0 Å². The van der Waals surface area contributed by atoms with Gasteiger partial charge in [0.25, 0.3) is 5.92 Å². The summed E-state index contributed by atoms with van der Waals surface area (Å²) >= 11 is 0. The lowest BCUT2D eigenvalue weighted by Crippen LogP contribution is -2.66. The standard InChI is InChI=1S/C44H61F3N2O3/c1-27(2)29-12-17-43(38(52)48-22-25-49-23-20-44(46,47)21-24-49)19-18-41(6)32(36(29)43)10-11-35-40(5)15-13-31(30-9-8-28(37(50)51)26-33(30)45)39(3,4)34(40)14-16-42(35,41)7/h8-9,13,26,29,32,34-36H,1,10-12,14-25H2,2-7H3,(H,48,52)(H,50,51)/t29-,32+,34-,35?,36+,40-,41+,42+,43-/m0/s1. The average Bonchev–Trinajstić information content (AvgIpc) is 3.47. The number of alkyl halides is 2. The number of carboxylic acids is 1. The highest BCUT2D eigenvalue weighted by atomic mass is 19.3.